The van der Waals surface area contributed by atoms with Crippen molar-refractivity contribution in [2.45, 2.75) is 0 Å². The molecule has 0 bridgehead atoms. The molecule has 0 radical (unpaired) electrons. The number of hydrogen-bond donors (Lipinski definition) is 0. The van der Waals surface area contributed by atoms with Gasteiger partial charge in [0.25, 0.3) is 0 Å². The van der Waals surface area contributed by atoms with Gasteiger partial charge in [-0.15, -0.1) is 0 Å². The molecule has 3 aromatic carbocycles. The van der Waals surface area contributed by atoms with Crippen LogP contribution < -0.4 is 18.9 Å². The van der Waals surface area contributed by atoms with E-state index in [1.807, 2.05) is 0 Å². The van der Waals surface area contributed by atoms with Gasteiger partial charge >= 0.3 is 11.9 Å². The first-order valence-corrected chi connectivity index (χ1v) is 9.53. The predicted molar refractivity (Wildman–Crippen MR) is 112 cm³/mol. The number of para-hydroxylation sites is 4. The fourth-order valence-corrected chi connectivity index (χ4v) is 2.67. The number of ether oxygens (including phenoxy) is 4. The molecular formula is C22H16Cl2O6. The van der Waals surface area contributed by atoms with E-state index in [9.17, 15) is 9.59 Å². The Kier molecular flexibility index (Phi) is 7.54. The minimum absolute atomic E-state index is 0.236. The molecule has 3 rings (SSSR count). The highest BCUT2D eigenvalue weighted by Crippen LogP contribution is 2.28. The third-order valence-corrected chi connectivity index (χ3v) is 4.29. The minimum Gasteiger partial charge on any atom is -0.478 e. The molecule has 0 fully saturated rings. The number of halogens is 2. The van der Waals surface area contributed by atoms with Crippen LogP contribution in [-0.4, -0.2) is 25.2 Å². The van der Waals surface area contributed by atoms with Crippen LogP contribution in [0.2, 0.25) is 10.0 Å². The monoisotopic (exact) mass is 446 g/mol. The van der Waals surface area contributed by atoms with Crippen LogP contribution in [0.3, 0.4) is 0 Å². The minimum atomic E-state index is -0.643. The van der Waals surface area contributed by atoms with Gasteiger partial charge in [-0.1, -0.05) is 59.6 Å². The van der Waals surface area contributed by atoms with E-state index < -0.39 is 11.9 Å². The van der Waals surface area contributed by atoms with E-state index in [4.69, 9.17) is 42.1 Å². The van der Waals surface area contributed by atoms with E-state index in [0.29, 0.717) is 10.0 Å². The summed E-state index contributed by atoms with van der Waals surface area (Å²) in [5.74, 6) is -0.287. The summed E-state index contributed by atoms with van der Waals surface area (Å²) in [5.41, 5.74) is 0. The Morgan fingerprint density at radius 1 is 0.567 bits per heavy atom. The van der Waals surface area contributed by atoms with Gasteiger partial charge in [0.2, 0.25) is 0 Å². The summed E-state index contributed by atoms with van der Waals surface area (Å²) in [6.45, 7) is -0.759. The smallest absolute Gasteiger partial charge is 0.349 e. The zero-order valence-electron chi connectivity index (χ0n) is 15.5. The fraction of sp³-hybridized carbons (Fsp3) is 0.0909. The maximum absolute atomic E-state index is 12.0. The molecule has 0 saturated heterocycles. The molecule has 0 amide bonds. The van der Waals surface area contributed by atoms with Crippen molar-refractivity contribution in [3.8, 4) is 23.0 Å². The molecular weight excluding hydrogens is 431 g/mol. The third kappa shape index (κ3) is 6.14. The summed E-state index contributed by atoms with van der Waals surface area (Å²) in [5, 5.41) is 0.623. The first-order valence-electron chi connectivity index (χ1n) is 8.78. The van der Waals surface area contributed by atoms with E-state index in [2.05, 4.69) is 0 Å². The van der Waals surface area contributed by atoms with Gasteiger partial charge in [0.1, 0.15) is 11.5 Å². The van der Waals surface area contributed by atoms with Crippen LogP contribution in [0.1, 0.15) is 0 Å². The summed E-state index contributed by atoms with van der Waals surface area (Å²) in [6, 6.07) is 19.8. The molecule has 0 aliphatic carbocycles. The third-order valence-electron chi connectivity index (χ3n) is 3.66. The van der Waals surface area contributed by atoms with Crippen LogP contribution in [0.25, 0.3) is 0 Å². The van der Waals surface area contributed by atoms with Crippen LogP contribution in [0.15, 0.2) is 72.8 Å². The molecule has 0 aliphatic heterocycles. The number of esters is 2. The van der Waals surface area contributed by atoms with Gasteiger partial charge in [0.05, 0.1) is 10.0 Å². The van der Waals surface area contributed by atoms with Crippen molar-refractivity contribution >= 4 is 35.1 Å². The van der Waals surface area contributed by atoms with Gasteiger partial charge in [-0.25, -0.2) is 9.59 Å². The Hall–Kier alpha value is -3.22. The van der Waals surface area contributed by atoms with E-state index in [1.54, 1.807) is 72.8 Å². The van der Waals surface area contributed by atoms with Crippen LogP contribution in [-0.2, 0) is 9.59 Å². The molecule has 0 aliphatic rings. The van der Waals surface area contributed by atoms with Crippen molar-refractivity contribution in [2.75, 3.05) is 13.2 Å². The van der Waals surface area contributed by atoms with Crippen molar-refractivity contribution < 1.29 is 28.5 Å². The maximum Gasteiger partial charge on any atom is 0.349 e. The average Bonchev–Trinajstić information content (AvgIpc) is 2.74. The Balaban J connectivity index is 1.54. The summed E-state index contributed by atoms with van der Waals surface area (Å²) < 4.78 is 21.2. The molecule has 0 unspecified atom stereocenters. The summed E-state index contributed by atoms with van der Waals surface area (Å²) in [4.78, 5) is 24.0. The lowest BCUT2D eigenvalue weighted by molar-refractivity contribution is -0.138. The fourth-order valence-electron chi connectivity index (χ4n) is 2.32. The molecule has 0 spiro atoms. The highest BCUT2D eigenvalue weighted by atomic mass is 35.5. The Bertz CT molecular complexity index is 955. The lowest BCUT2D eigenvalue weighted by Crippen LogP contribution is -2.20. The second-order valence-corrected chi connectivity index (χ2v) is 6.65. The molecule has 154 valence electrons. The molecule has 3 aromatic rings. The van der Waals surface area contributed by atoms with Crippen molar-refractivity contribution in [2.24, 2.45) is 0 Å². The Labute approximate surface area is 182 Å². The Morgan fingerprint density at radius 2 is 0.900 bits per heavy atom. The zero-order chi connectivity index (χ0) is 21.3. The van der Waals surface area contributed by atoms with Gasteiger partial charge in [0.15, 0.2) is 24.7 Å². The van der Waals surface area contributed by atoms with Gasteiger partial charge < -0.3 is 18.9 Å². The van der Waals surface area contributed by atoms with Crippen LogP contribution in [0, 0.1) is 0 Å². The van der Waals surface area contributed by atoms with E-state index in [-0.39, 0.29) is 36.2 Å². The van der Waals surface area contributed by atoms with E-state index >= 15 is 0 Å². The normalized spacial score (nSPS) is 10.2. The molecule has 0 N–H and O–H groups in total. The molecule has 30 heavy (non-hydrogen) atoms. The first-order chi connectivity index (χ1) is 14.5. The topological polar surface area (TPSA) is 71.1 Å². The van der Waals surface area contributed by atoms with Crippen LogP contribution in [0.5, 0.6) is 23.0 Å². The summed E-state index contributed by atoms with van der Waals surface area (Å²) in [6.07, 6.45) is 0. The van der Waals surface area contributed by atoms with Crippen molar-refractivity contribution in [3.63, 3.8) is 0 Å². The quantitative estimate of drug-likeness (QED) is 0.359. The van der Waals surface area contributed by atoms with Crippen LogP contribution in [0.4, 0.5) is 0 Å². The van der Waals surface area contributed by atoms with Crippen molar-refractivity contribution in [3.05, 3.63) is 82.8 Å². The number of carbonyl (C=O) groups is 2. The first kappa shape index (κ1) is 21.5. The highest BCUT2D eigenvalue weighted by Gasteiger charge is 2.13. The Morgan fingerprint density at radius 3 is 1.27 bits per heavy atom. The average molecular weight is 447 g/mol. The predicted octanol–water partition coefficient (Wildman–Crippen LogP) is 4.96. The zero-order valence-corrected chi connectivity index (χ0v) is 17.1. The van der Waals surface area contributed by atoms with Gasteiger partial charge in [-0.2, -0.15) is 0 Å². The summed E-state index contributed by atoms with van der Waals surface area (Å²) in [7, 11) is 0. The second-order valence-electron chi connectivity index (χ2n) is 5.83. The lowest BCUT2D eigenvalue weighted by Gasteiger charge is -2.12. The number of rotatable bonds is 8. The highest BCUT2D eigenvalue weighted by molar-refractivity contribution is 6.32. The summed E-state index contributed by atoms with van der Waals surface area (Å²) >= 11 is 11.9. The van der Waals surface area contributed by atoms with E-state index in [1.165, 1.54) is 0 Å². The SMILES string of the molecule is O=C(COc1ccccc1OCC(=O)Oc1ccccc1Cl)Oc1ccccc1Cl. The molecule has 6 nitrogen and oxygen atoms in total. The van der Waals surface area contributed by atoms with Gasteiger partial charge in [0, 0.05) is 0 Å². The molecule has 0 saturated carbocycles. The number of carbonyl (C=O) groups excluding carboxylic acids is 2. The standard InChI is InChI=1S/C22H16Cl2O6/c23-15-7-1-3-9-17(15)29-21(25)13-27-19-11-5-6-12-20(19)28-14-22(26)30-18-10-4-2-8-16(18)24/h1-12H,13-14H2. The van der Waals surface area contributed by atoms with E-state index in [0.717, 1.165) is 0 Å². The van der Waals surface area contributed by atoms with Crippen molar-refractivity contribution in [1.29, 1.82) is 0 Å². The number of hydrogen-bond acceptors (Lipinski definition) is 6. The van der Waals surface area contributed by atoms with Crippen molar-refractivity contribution in [1.82, 2.24) is 0 Å². The second kappa shape index (κ2) is 10.5. The molecule has 0 heterocycles. The largest absolute Gasteiger partial charge is 0.478 e. The maximum atomic E-state index is 12.0. The molecule has 8 heteroatoms. The lowest BCUT2D eigenvalue weighted by atomic mass is 10.3. The van der Waals surface area contributed by atoms with Crippen LogP contribution >= 0.6 is 23.2 Å². The van der Waals surface area contributed by atoms with Gasteiger partial charge in [-0.05, 0) is 36.4 Å². The molecule has 0 aromatic heterocycles. The van der Waals surface area contributed by atoms with Gasteiger partial charge in [-0.3, -0.25) is 0 Å². The molecule has 0 atom stereocenters. The number of benzene rings is 3.